The molecule has 3 heterocycles. The van der Waals surface area contributed by atoms with Crippen LogP contribution in [-0.2, 0) is 0 Å². The summed E-state index contributed by atoms with van der Waals surface area (Å²) in [6.45, 7) is 0. The fourth-order valence-corrected chi connectivity index (χ4v) is 7.18. The number of hydrogen-bond acceptors (Lipinski definition) is 2. The van der Waals surface area contributed by atoms with Crippen molar-refractivity contribution in [2.45, 2.75) is 0 Å². The molecule has 0 saturated heterocycles. The van der Waals surface area contributed by atoms with Crippen molar-refractivity contribution in [3.8, 4) is 27.9 Å². The summed E-state index contributed by atoms with van der Waals surface area (Å²) >= 11 is 0. The minimum absolute atomic E-state index is 0.882. The van der Waals surface area contributed by atoms with Crippen LogP contribution in [0.15, 0.2) is 160 Å². The van der Waals surface area contributed by atoms with Crippen LogP contribution in [0, 0.1) is 0 Å². The van der Waals surface area contributed by atoms with Crippen LogP contribution in [0.3, 0.4) is 0 Å². The van der Waals surface area contributed by atoms with E-state index in [0.717, 1.165) is 77.5 Å². The molecule has 0 amide bonds. The molecule has 210 valence electrons. The molecular formula is C42H25NO2. The largest absolute Gasteiger partial charge is 0.456 e. The Morgan fingerprint density at radius 3 is 1.98 bits per heavy atom. The lowest BCUT2D eigenvalue weighted by Gasteiger charge is -2.11. The Labute approximate surface area is 258 Å². The standard InChI is InChI=1S/C42H25NO2/c1-2-11-29(12-3-1)43-36-17-9-8-16-33(36)42-41(43)35-24-27(20-22-37(35)45-42)30-13-6-7-14-31(30)28-18-21-34-39(25-28)44-38-23-19-26-10-4-5-15-32(26)40(34)38/h1-25H. The molecule has 0 saturated carbocycles. The van der Waals surface area contributed by atoms with Gasteiger partial charge in [0, 0.05) is 27.2 Å². The van der Waals surface area contributed by atoms with Crippen LogP contribution in [0.4, 0.5) is 0 Å². The van der Waals surface area contributed by atoms with E-state index in [1.54, 1.807) is 0 Å². The van der Waals surface area contributed by atoms with Gasteiger partial charge in [0.15, 0.2) is 5.58 Å². The minimum Gasteiger partial charge on any atom is -0.456 e. The zero-order valence-electron chi connectivity index (χ0n) is 24.2. The third-order valence-electron chi connectivity index (χ3n) is 9.20. The molecule has 0 aliphatic heterocycles. The predicted octanol–water partition coefficient (Wildman–Crippen LogP) is 11.9. The van der Waals surface area contributed by atoms with E-state index in [1.807, 2.05) is 0 Å². The van der Waals surface area contributed by atoms with Crippen LogP contribution in [-0.4, -0.2) is 4.57 Å². The molecule has 0 fully saturated rings. The first-order chi connectivity index (χ1) is 22.3. The Balaban J connectivity index is 1.18. The SMILES string of the molecule is c1ccc(-n2c3ccccc3c3oc4ccc(-c5ccccc5-c5ccc6c(c5)oc5ccc7ccccc7c56)cc4c32)cc1. The van der Waals surface area contributed by atoms with Crippen molar-refractivity contribution in [1.29, 1.82) is 0 Å². The first-order valence-corrected chi connectivity index (χ1v) is 15.3. The highest BCUT2D eigenvalue weighted by Crippen LogP contribution is 2.42. The number of rotatable bonds is 3. The van der Waals surface area contributed by atoms with Gasteiger partial charge in [-0.15, -0.1) is 0 Å². The molecule has 3 heteroatoms. The third-order valence-corrected chi connectivity index (χ3v) is 9.20. The Bertz CT molecular complexity index is 2760. The van der Waals surface area contributed by atoms with Crippen LogP contribution in [0.5, 0.6) is 0 Å². The minimum atomic E-state index is 0.882. The van der Waals surface area contributed by atoms with E-state index in [2.05, 4.69) is 156 Å². The molecule has 0 N–H and O–H groups in total. The van der Waals surface area contributed by atoms with E-state index in [9.17, 15) is 0 Å². The highest BCUT2D eigenvalue weighted by atomic mass is 16.3. The highest BCUT2D eigenvalue weighted by molar-refractivity contribution is 6.19. The van der Waals surface area contributed by atoms with Crippen LogP contribution in [0.25, 0.3) is 93.6 Å². The Morgan fingerprint density at radius 2 is 1.11 bits per heavy atom. The van der Waals surface area contributed by atoms with Crippen molar-refractivity contribution in [1.82, 2.24) is 4.57 Å². The van der Waals surface area contributed by atoms with E-state index in [0.29, 0.717) is 0 Å². The molecule has 0 unspecified atom stereocenters. The van der Waals surface area contributed by atoms with Crippen molar-refractivity contribution >= 4 is 65.7 Å². The van der Waals surface area contributed by atoms with Crippen LogP contribution in [0.2, 0.25) is 0 Å². The maximum Gasteiger partial charge on any atom is 0.161 e. The third kappa shape index (κ3) is 3.52. The van der Waals surface area contributed by atoms with Gasteiger partial charge in [0.1, 0.15) is 22.3 Å². The van der Waals surface area contributed by atoms with Crippen LogP contribution in [0.1, 0.15) is 0 Å². The van der Waals surface area contributed by atoms with E-state index in [1.165, 1.54) is 16.2 Å². The summed E-state index contributed by atoms with van der Waals surface area (Å²) in [7, 11) is 0. The van der Waals surface area contributed by atoms with E-state index in [-0.39, 0.29) is 0 Å². The second kappa shape index (κ2) is 9.22. The molecule has 10 aromatic rings. The van der Waals surface area contributed by atoms with Crippen molar-refractivity contribution in [3.63, 3.8) is 0 Å². The Kier molecular flexibility index (Phi) is 5.00. The molecule has 0 aliphatic carbocycles. The Morgan fingerprint density at radius 1 is 0.422 bits per heavy atom. The Hall–Kier alpha value is -6.06. The van der Waals surface area contributed by atoms with Crippen molar-refractivity contribution in [2.75, 3.05) is 0 Å². The van der Waals surface area contributed by atoms with Crippen LogP contribution >= 0.6 is 0 Å². The molecule has 10 rings (SSSR count). The van der Waals surface area contributed by atoms with E-state index < -0.39 is 0 Å². The van der Waals surface area contributed by atoms with Gasteiger partial charge in [0.2, 0.25) is 0 Å². The molecule has 3 nitrogen and oxygen atoms in total. The van der Waals surface area contributed by atoms with Crippen molar-refractivity contribution < 1.29 is 8.83 Å². The molecule has 0 radical (unpaired) electrons. The monoisotopic (exact) mass is 575 g/mol. The van der Waals surface area contributed by atoms with E-state index >= 15 is 0 Å². The summed E-state index contributed by atoms with van der Waals surface area (Å²) in [6.07, 6.45) is 0. The number of nitrogens with zero attached hydrogens (tertiary/aromatic N) is 1. The first-order valence-electron chi connectivity index (χ1n) is 15.3. The number of hydrogen-bond donors (Lipinski definition) is 0. The highest BCUT2D eigenvalue weighted by Gasteiger charge is 2.20. The lowest BCUT2D eigenvalue weighted by Crippen LogP contribution is -1.93. The fraction of sp³-hybridized carbons (Fsp3) is 0. The van der Waals surface area contributed by atoms with Gasteiger partial charge in [0.25, 0.3) is 0 Å². The van der Waals surface area contributed by atoms with Crippen LogP contribution < -0.4 is 0 Å². The number of benzene rings is 7. The smallest absolute Gasteiger partial charge is 0.161 e. The van der Waals surface area contributed by atoms with Gasteiger partial charge < -0.3 is 13.4 Å². The van der Waals surface area contributed by atoms with Gasteiger partial charge >= 0.3 is 0 Å². The number of furan rings is 2. The summed E-state index contributed by atoms with van der Waals surface area (Å²) in [6, 6.07) is 53.5. The molecule has 0 aliphatic rings. The lowest BCUT2D eigenvalue weighted by molar-refractivity contribution is 0.669. The quantitative estimate of drug-likeness (QED) is 0.210. The number of aromatic nitrogens is 1. The summed E-state index contributed by atoms with van der Waals surface area (Å²) in [5.74, 6) is 0. The second-order valence-corrected chi connectivity index (χ2v) is 11.7. The summed E-state index contributed by atoms with van der Waals surface area (Å²) in [5.41, 5.74) is 11.5. The summed E-state index contributed by atoms with van der Waals surface area (Å²) in [5, 5.41) is 6.95. The molecule has 7 aromatic carbocycles. The molecule has 3 aromatic heterocycles. The number of para-hydroxylation sites is 2. The normalized spacial score (nSPS) is 12.0. The zero-order valence-corrected chi connectivity index (χ0v) is 24.2. The zero-order chi connectivity index (χ0) is 29.5. The predicted molar refractivity (Wildman–Crippen MR) is 186 cm³/mol. The molecular weight excluding hydrogens is 550 g/mol. The molecule has 0 bridgehead atoms. The van der Waals surface area contributed by atoms with Gasteiger partial charge in [-0.3, -0.25) is 0 Å². The lowest BCUT2D eigenvalue weighted by atomic mass is 9.93. The van der Waals surface area contributed by atoms with Gasteiger partial charge in [-0.25, -0.2) is 0 Å². The van der Waals surface area contributed by atoms with Gasteiger partial charge in [-0.2, -0.15) is 0 Å². The van der Waals surface area contributed by atoms with Crippen molar-refractivity contribution in [3.05, 3.63) is 152 Å². The topological polar surface area (TPSA) is 31.2 Å². The fourth-order valence-electron chi connectivity index (χ4n) is 7.18. The maximum atomic E-state index is 6.55. The molecule has 0 spiro atoms. The van der Waals surface area contributed by atoms with Crippen molar-refractivity contribution in [2.24, 2.45) is 0 Å². The van der Waals surface area contributed by atoms with Gasteiger partial charge in [-0.1, -0.05) is 97.1 Å². The first kappa shape index (κ1) is 24.4. The maximum absolute atomic E-state index is 6.55. The molecule has 45 heavy (non-hydrogen) atoms. The summed E-state index contributed by atoms with van der Waals surface area (Å²) < 4.78 is 15.3. The average molecular weight is 576 g/mol. The molecule has 0 atom stereocenters. The summed E-state index contributed by atoms with van der Waals surface area (Å²) in [4.78, 5) is 0. The van der Waals surface area contributed by atoms with Gasteiger partial charge in [-0.05, 0) is 87.6 Å². The average Bonchev–Trinajstić information content (AvgIpc) is 3.77. The van der Waals surface area contributed by atoms with Gasteiger partial charge in [0.05, 0.1) is 5.52 Å². The number of fused-ring (bicyclic) bond motifs is 10. The van der Waals surface area contributed by atoms with E-state index in [4.69, 9.17) is 8.83 Å². The second-order valence-electron chi connectivity index (χ2n) is 11.7.